The zero-order valence-electron chi connectivity index (χ0n) is 24.9. The van der Waals surface area contributed by atoms with Crippen molar-refractivity contribution in [3.63, 3.8) is 0 Å². The Kier molecular flexibility index (Phi) is 9.41. The molecule has 0 unspecified atom stereocenters. The summed E-state index contributed by atoms with van der Waals surface area (Å²) in [5.41, 5.74) is 1.38. The van der Waals surface area contributed by atoms with E-state index >= 15 is 0 Å². The molecule has 0 bridgehead atoms. The van der Waals surface area contributed by atoms with Crippen LogP contribution in [-0.2, 0) is 14.2 Å². The predicted molar refractivity (Wildman–Crippen MR) is 179 cm³/mol. The van der Waals surface area contributed by atoms with Gasteiger partial charge in [-0.05, 0) is 102 Å². The van der Waals surface area contributed by atoms with Crippen LogP contribution in [0.15, 0.2) is 78.9 Å². The van der Waals surface area contributed by atoms with Crippen molar-refractivity contribution in [1.29, 1.82) is 0 Å². The molecule has 1 saturated heterocycles. The van der Waals surface area contributed by atoms with E-state index in [2.05, 4.69) is 37.4 Å². The number of hydrogen-bond acceptors (Lipinski definition) is 5. The lowest BCUT2D eigenvalue weighted by Gasteiger charge is -2.36. The Balaban J connectivity index is 1.40. The van der Waals surface area contributed by atoms with Crippen molar-refractivity contribution in [3.05, 3.63) is 88.1 Å². The van der Waals surface area contributed by atoms with Crippen LogP contribution in [-0.4, -0.2) is 56.0 Å². The van der Waals surface area contributed by atoms with E-state index in [-0.39, 0.29) is 23.3 Å². The minimum Gasteiger partial charge on any atom is -0.404 e. The smallest absolute Gasteiger partial charge is 0.404 e. The summed E-state index contributed by atoms with van der Waals surface area (Å²) >= 11 is 2.21. The SMILES string of the molecule is CC(C)(C)[C@H](NC(=O)c1cc2cc(OP(=O)(O)O)ccc2[nH]1)C(=O)N1CCC[C@H]1C(=O)N(c1ccccc1)c1ccc(I)cc1. The normalized spacial score (nSPS) is 16.0. The van der Waals surface area contributed by atoms with E-state index in [4.69, 9.17) is 9.79 Å². The van der Waals surface area contributed by atoms with E-state index in [1.807, 2.05) is 75.4 Å². The van der Waals surface area contributed by atoms with Gasteiger partial charge in [0.1, 0.15) is 23.5 Å². The number of phosphoric acid groups is 1. The quantitative estimate of drug-likeness (QED) is 0.133. The van der Waals surface area contributed by atoms with Crippen LogP contribution in [0.3, 0.4) is 0 Å². The number of amides is 3. The van der Waals surface area contributed by atoms with Crippen LogP contribution in [0.2, 0.25) is 0 Å². The average Bonchev–Trinajstić information content (AvgIpc) is 3.63. The third-order valence-corrected chi connectivity index (χ3v) is 8.76. The molecular formula is C32H34IN4O7P. The summed E-state index contributed by atoms with van der Waals surface area (Å²) in [7, 11) is -4.75. The van der Waals surface area contributed by atoms with Gasteiger partial charge in [0, 0.05) is 32.4 Å². The number of carbonyl (C=O) groups is 3. The molecule has 1 fully saturated rings. The van der Waals surface area contributed by atoms with Crippen LogP contribution in [0.5, 0.6) is 5.75 Å². The summed E-state index contributed by atoms with van der Waals surface area (Å²) in [6.45, 7) is 5.92. The van der Waals surface area contributed by atoms with E-state index in [0.717, 1.165) is 3.57 Å². The third kappa shape index (κ3) is 7.58. The number of para-hydroxylation sites is 1. The molecule has 1 aliphatic rings. The number of fused-ring (bicyclic) bond motifs is 1. The van der Waals surface area contributed by atoms with Crippen molar-refractivity contribution >= 4 is 70.4 Å². The number of hydrogen-bond donors (Lipinski definition) is 4. The fourth-order valence-electron chi connectivity index (χ4n) is 5.46. The van der Waals surface area contributed by atoms with E-state index < -0.39 is 31.2 Å². The van der Waals surface area contributed by atoms with E-state index in [1.54, 1.807) is 9.80 Å². The van der Waals surface area contributed by atoms with Gasteiger partial charge in [-0.1, -0.05) is 39.0 Å². The second-order valence-electron chi connectivity index (χ2n) is 12.0. The Hall–Kier alpha value is -3.71. The number of nitrogens with one attached hydrogen (secondary N) is 2. The average molecular weight is 745 g/mol. The number of likely N-dealkylation sites (tertiary alicyclic amines) is 1. The van der Waals surface area contributed by atoms with E-state index in [0.29, 0.717) is 41.7 Å². The van der Waals surface area contributed by atoms with Crippen molar-refractivity contribution in [2.75, 3.05) is 11.4 Å². The summed E-state index contributed by atoms with van der Waals surface area (Å²) in [6.07, 6.45) is 1.13. The third-order valence-electron chi connectivity index (χ3n) is 7.59. The molecule has 4 aromatic rings. The molecule has 0 radical (unpaired) electrons. The molecule has 2 heterocycles. The summed E-state index contributed by atoms with van der Waals surface area (Å²) in [4.78, 5) is 66.4. The molecule has 1 aromatic heterocycles. The molecule has 3 amide bonds. The van der Waals surface area contributed by atoms with Crippen molar-refractivity contribution in [2.24, 2.45) is 5.41 Å². The van der Waals surface area contributed by atoms with Gasteiger partial charge in [0.2, 0.25) is 5.91 Å². The zero-order valence-corrected chi connectivity index (χ0v) is 28.0. The molecule has 236 valence electrons. The highest BCUT2D eigenvalue weighted by atomic mass is 127. The minimum atomic E-state index is -4.75. The van der Waals surface area contributed by atoms with Gasteiger partial charge in [-0.15, -0.1) is 0 Å². The Labute approximate surface area is 274 Å². The Morgan fingerprint density at radius 3 is 2.33 bits per heavy atom. The van der Waals surface area contributed by atoms with Crippen molar-refractivity contribution in [1.82, 2.24) is 15.2 Å². The van der Waals surface area contributed by atoms with Gasteiger partial charge in [0.05, 0.1) is 0 Å². The van der Waals surface area contributed by atoms with Crippen LogP contribution in [0.4, 0.5) is 11.4 Å². The number of benzene rings is 3. The molecule has 5 rings (SSSR count). The first-order valence-electron chi connectivity index (χ1n) is 14.3. The largest absolute Gasteiger partial charge is 0.524 e. The number of phosphoric ester groups is 1. The summed E-state index contributed by atoms with van der Waals surface area (Å²) in [6, 6.07) is 21.1. The molecule has 1 aliphatic heterocycles. The number of aromatic nitrogens is 1. The molecule has 3 aromatic carbocycles. The van der Waals surface area contributed by atoms with Gasteiger partial charge in [-0.2, -0.15) is 0 Å². The lowest BCUT2D eigenvalue weighted by atomic mass is 9.85. The topological polar surface area (TPSA) is 152 Å². The van der Waals surface area contributed by atoms with Gasteiger partial charge < -0.3 is 19.7 Å². The monoisotopic (exact) mass is 744 g/mol. The van der Waals surface area contributed by atoms with Gasteiger partial charge in [-0.3, -0.25) is 29.1 Å². The second kappa shape index (κ2) is 13.0. The first-order chi connectivity index (χ1) is 21.2. The molecular weight excluding hydrogens is 710 g/mol. The second-order valence-corrected chi connectivity index (χ2v) is 14.4. The van der Waals surface area contributed by atoms with Crippen LogP contribution in [0.25, 0.3) is 10.9 Å². The van der Waals surface area contributed by atoms with Crippen LogP contribution < -0.4 is 14.7 Å². The molecule has 0 spiro atoms. The fraction of sp³-hybridized carbons (Fsp3) is 0.281. The molecule has 45 heavy (non-hydrogen) atoms. The highest BCUT2D eigenvalue weighted by molar-refractivity contribution is 14.1. The number of anilines is 2. The Bertz CT molecular complexity index is 1770. The lowest BCUT2D eigenvalue weighted by molar-refractivity contribution is -0.140. The molecule has 2 atom stereocenters. The number of rotatable bonds is 8. The number of H-pyrrole nitrogens is 1. The highest BCUT2D eigenvalue weighted by Crippen LogP contribution is 2.38. The maximum absolute atomic E-state index is 14.3. The maximum Gasteiger partial charge on any atom is 0.524 e. The van der Waals surface area contributed by atoms with Gasteiger partial charge >= 0.3 is 7.82 Å². The van der Waals surface area contributed by atoms with Crippen molar-refractivity contribution in [2.45, 2.75) is 45.7 Å². The van der Waals surface area contributed by atoms with Crippen LogP contribution >= 0.6 is 30.4 Å². The van der Waals surface area contributed by atoms with Crippen molar-refractivity contribution in [3.8, 4) is 5.75 Å². The van der Waals surface area contributed by atoms with Gasteiger partial charge in [0.15, 0.2) is 0 Å². The molecule has 4 N–H and O–H groups in total. The zero-order chi connectivity index (χ0) is 32.5. The summed E-state index contributed by atoms with van der Waals surface area (Å²) in [5.74, 6) is -1.17. The first kappa shape index (κ1) is 32.7. The summed E-state index contributed by atoms with van der Waals surface area (Å²) in [5, 5.41) is 3.37. The molecule has 13 heteroatoms. The first-order valence-corrected chi connectivity index (χ1v) is 17.0. The maximum atomic E-state index is 14.3. The minimum absolute atomic E-state index is 0.0518. The van der Waals surface area contributed by atoms with Crippen LogP contribution in [0.1, 0.15) is 44.1 Å². The van der Waals surface area contributed by atoms with E-state index in [1.165, 1.54) is 24.3 Å². The predicted octanol–water partition coefficient (Wildman–Crippen LogP) is 5.74. The van der Waals surface area contributed by atoms with Gasteiger partial charge in [-0.25, -0.2) is 4.57 Å². The number of halogens is 1. The standard InChI is InChI=1S/C32H34IN4O7P/c1-32(2,3)28(35-29(38)26-19-20-18-24(44-45(41,42)43)15-16-25(20)34-26)31(40)36-17-7-10-27(36)30(39)37(22-8-5-4-6-9-22)23-13-11-21(33)12-14-23/h4-6,8-9,11-16,18-19,27-28,34H,7,10,17H2,1-3H3,(H,35,38)(H2,41,42,43)/t27-,28+/m0/s1. The fourth-order valence-corrected chi connectivity index (χ4v) is 6.21. The molecule has 11 nitrogen and oxygen atoms in total. The molecule has 0 saturated carbocycles. The highest BCUT2D eigenvalue weighted by Gasteiger charge is 2.43. The lowest BCUT2D eigenvalue weighted by Crippen LogP contribution is -2.57. The number of nitrogens with zero attached hydrogens (tertiary/aromatic N) is 2. The van der Waals surface area contributed by atoms with E-state index in [9.17, 15) is 18.9 Å². The van der Waals surface area contributed by atoms with Crippen molar-refractivity contribution < 1.29 is 33.3 Å². The van der Waals surface area contributed by atoms with Gasteiger partial charge in [0.25, 0.3) is 11.8 Å². The number of aromatic amines is 1. The Morgan fingerprint density at radius 2 is 1.69 bits per heavy atom. The van der Waals surface area contributed by atoms with Crippen LogP contribution in [0, 0.1) is 8.99 Å². The number of carbonyl (C=O) groups excluding carboxylic acids is 3. The summed E-state index contributed by atoms with van der Waals surface area (Å²) < 4.78 is 16.9. The Morgan fingerprint density at radius 1 is 1.02 bits per heavy atom. The molecule has 0 aliphatic carbocycles.